The third-order valence-electron chi connectivity index (χ3n) is 4.27. The van der Waals surface area contributed by atoms with Gasteiger partial charge in [0.05, 0.1) is 10.7 Å². The van der Waals surface area contributed by atoms with E-state index in [4.69, 9.17) is 0 Å². The Morgan fingerprint density at radius 3 is 2.43 bits per heavy atom. The van der Waals surface area contributed by atoms with E-state index in [0.717, 1.165) is 11.1 Å². The molecular formula is C18H18F3N3O3S. The van der Waals surface area contributed by atoms with Gasteiger partial charge in [-0.2, -0.15) is 0 Å². The van der Waals surface area contributed by atoms with E-state index in [1.807, 2.05) is 11.4 Å². The molecule has 10 heteroatoms. The van der Waals surface area contributed by atoms with Crippen LogP contribution < -0.4 is 15.4 Å². The van der Waals surface area contributed by atoms with Gasteiger partial charge in [-0.1, -0.05) is 12.1 Å². The van der Waals surface area contributed by atoms with Gasteiger partial charge in [0.2, 0.25) is 5.91 Å². The lowest BCUT2D eigenvalue weighted by molar-refractivity contribution is -0.274. The lowest BCUT2D eigenvalue weighted by atomic mass is 9.96. The highest BCUT2D eigenvalue weighted by molar-refractivity contribution is 7.14. The number of piperidine rings is 1. The zero-order valence-corrected chi connectivity index (χ0v) is 15.5. The van der Waals surface area contributed by atoms with E-state index in [1.165, 1.54) is 29.5 Å². The molecule has 3 amide bonds. The molecule has 1 fully saturated rings. The number of benzene rings is 1. The number of carbonyl (C=O) groups is 2. The van der Waals surface area contributed by atoms with E-state index in [1.54, 1.807) is 11.0 Å². The van der Waals surface area contributed by atoms with Gasteiger partial charge in [0.15, 0.2) is 5.75 Å². The lowest BCUT2D eigenvalue weighted by Crippen LogP contribution is -2.43. The van der Waals surface area contributed by atoms with E-state index in [0.29, 0.717) is 25.9 Å². The van der Waals surface area contributed by atoms with Crippen LogP contribution in [0.4, 0.5) is 28.7 Å². The zero-order chi connectivity index (χ0) is 20.1. The van der Waals surface area contributed by atoms with Crippen LogP contribution in [-0.4, -0.2) is 36.3 Å². The fourth-order valence-corrected chi connectivity index (χ4v) is 3.50. The minimum Gasteiger partial charge on any atom is -0.404 e. The predicted molar refractivity (Wildman–Crippen MR) is 99.4 cm³/mol. The van der Waals surface area contributed by atoms with Crippen molar-refractivity contribution in [1.82, 2.24) is 4.90 Å². The molecule has 0 spiro atoms. The number of nitrogens with zero attached hydrogens (tertiary/aromatic N) is 1. The van der Waals surface area contributed by atoms with Crippen molar-refractivity contribution in [3.8, 4) is 5.75 Å². The van der Waals surface area contributed by atoms with Crippen molar-refractivity contribution in [2.75, 3.05) is 23.7 Å². The summed E-state index contributed by atoms with van der Waals surface area (Å²) >= 11 is 1.41. The summed E-state index contributed by atoms with van der Waals surface area (Å²) in [6.45, 7) is 0.770. The first-order valence-electron chi connectivity index (χ1n) is 8.57. The summed E-state index contributed by atoms with van der Waals surface area (Å²) in [6.07, 6.45) is -4.00. The van der Waals surface area contributed by atoms with Crippen LogP contribution in [0.3, 0.4) is 0 Å². The van der Waals surface area contributed by atoms with E-state index in [-0.39, 0.29) is 11.7 Å². The third kappa shape index (κ3) is 5.38. The zero-order valence-electron chi connectivity index (χ0n) is 14.7. The van der Waals surface area contributed by atoms with Crippen LogP contribution in [0.5, 0.6) is 5.75 Å². The van der Waals surface area contributed by atoms with Crippen molar-refractivity contribution in [2.45, 2.75) is 19.2 Å². The monoisotopic (exact) mass is 413 g/mol. The first-order chi connectivity index (χ1) is 13.3. The molecular weight excluding hydrogens is 395 g/mol. The van der Waals surface area contributed by atoms with E-state index in [2.05, 4.69) is 15.4 Å². The van der Waals surface area contributed by atoms with Crippen molar-refractivity contribution in [2.24, 2.45) is 5.92 Å². The average Bonchev–Trinajstić information content (AvgIpc) is 3.15. The number of thiophene rings is 1. The van der Waals surface area contributed by atoms with E-state index < -0.39 is 23.9 Å². The smallest absolute Gasteiger partial charge is 0.404 e. The molecule has 0 saturated carbocycles. The summed E-state index contributed by atoms with van der Waals surface area (Å²) < 4.78 is 41.4. The van der Waals surface area contributed by atoms with Gasteiger partial charge in [-0.3, -0.25) is 10.1 Å². The highest BCUT2D eigenvalue weighted by Crippen LogP contribution is 2.31. The maximum absolute atomic E-state index is 12.5. The summed E-state index contributed by atoms with van der Waals surface area (Å²) in [5, 5.41) is 7.88. The molecule has 28 heavy (non-hydrogen) atoms. The van der Waals surface area contributed by atoms with Crippen molar-refractivity contribution >= 4 is 34.0 Å². The van der Waals surface area contributed by atoms with Crippen LogP contribution in [0.25, 0.3) is 0 Å². The number of alkyl halides is 3. The first kappa shape index (κ1) is 20.0. The number of anilines is 2. The van der Waals surface area contributed by atoms with Gasteiger partial charge in [-0.05, 0) is 42.5 Å². The molecule has 1 aromatic carbocycles. The summed E-state index contributed by atoms with van der Waals surface area (Å²) in [4.78, 5) is 26.3. The van der Waals surface area contributed by atoms with Gasteiger partial charge < -0.3 is 15.0 Å². The summed E-state index contributed by atoms with van der Waals surface area (Å²) in [5.74, 6) is -1.25. The molecule has 0 atom stereocenters. The molecule has 1 aliphatic rings. The second-order valence-electron chi connectivity index (χ2n) is 6.20. The van der Waals surface area contributed by atoms with Gasteiger partial charge in [0.1, 0.15) is 0 Å². The molecule has 6 nitrogen and oxygen atoms in total. The van der Waals surface area contributed by atoms with Gasteiger partial charge in [0.25, 0.3) is 0 Å². The number of carbonyl (C=O) groups excluding carboxylic acids is 2. The molecule has 2 heterocycles. The normalized spacial score (nSPS) is 15.2. The van der Waals surface area contributed by atoms with Crippen molar-refractivity contribution in [3.63, 3.8) is 0 Å². The number of urea groups is 1. The van der Waals surface area contributed by atoms with Gasteiger partial charge in [-0.25, -0.2) is 4.79 Å². The standard InChI is InChI=1S/C18H18F3N3O3S/c19-18(20,21)27-14-5-2-1-4-13(14)22-16(25)12-7-9-24(10-8-12)17(26)23-15-6-3-11-28-15/h1-6,11-12H,7-10H2,(H,22,25)(H,23,26). The van der Waals surface area contributed by atoms with Crippen LogP contribution in [0.15, 0.2) is 41.8 Å². The van der Waals surface area contributed by atoms with Crippen molar-refractivity contribution in [1.29, 1.82) is 0 Å². The van der Waals surface area contributed by atoms with Crippen LogP contribution in [0.1, 0.15) is 12.8 Å². The van der Waals surface area contributed by atoms with E-state index in [9.17, 15) is 22.8 Å². The van der Waals surface area contributed by atoms with Gasteiger partial charge in [0, 0.05) is 19.0 Å². The number of likely N-dealkylation sites (tertiary alicyclic amines) is 1. The van der Waals surface area contributed by atoms with Gasteiger partial charge in [-0.15, -0.1) is 24.5 Å². The molecule has 3 rings (SSSR count). The van der Waals surface area contributed by atoms with E-state index >= 15 is 0 Å². The van der Waals surface area contributed by atoms with Crippen LogP contribution in [-0.2, 0) is 4.79 Å². The topological polar surface area (TPSA) is 70.7 Å². The Kier molecular flexibility index (Phi) is 6.08. The molecule has 0 aliphatic carbocycles. The van der Waals surface area contributed by atoms with Crippen LogP contribution >= 0.6 is 11.3 Å². The molecule has 1 aliphatic heterocycles. The Labute approximate surface area is 163 Å². The number of para-hydroxylation sites is 2. The fourth-order valence-electron chi connectivity index (χ4n) is 2.90. The second kappa shape index (κ2) is 8.51. The number of ether oxygens (including phenoxy) is 1. The fraction of sp³-hybridized carbons (Fsp3) is 0.333. The number of rotatable bonds is 4. The summed E-state index contributed by atoms with van der Waals surface area (Å²) in [5.41, 5.74) is -0.0392. The third-order valence-corrected chi connectivity index (χ3v) is 5.06. The predicted octanol–water partition coefficient (Wildman–Crippen LogP) is 4.53. The number of nitrogens with one attached hydrogen (secondary N) is 2. The molecule has 0 bridgehead atoms. The SMILES string of the molecule is O=C(Nc1ccccc1OC(F)(F)F)C1CCN(C(=O)Nc2cccs2)CC1. The molecule has 1 saturated heterocycles. The molecule has 150 valence electrons. The summed E-state index contributed by atoms with van der Waals surface area (Å²) in [6, 6.07) is 8.78. The molecule has 1 aromatic heterocycles. The van der Waals surface area contributed by atoms with Crippen LogP contribution in [0, 0.1) is 5.92 Å². The minimum atomic E-state index is -4.85. The number of hydrogen-bond acceptors (Lipinski definition) is 4. The van der Waals surface area contributed by atoms with Gasteiger partial charge >= 0.3 is 12.4 Å². The molecule has 2 aromatic rings. The lowest BCUT2D eigenvalue weighted by Gasteiger charge is -2.31. The highest BCUT2D eigenvalue weighted by atomic mass is 32.1. The number of hydrogen-bond donors (Lipinski definition) is 2. The highest BCUT2D eigenvalue weighted by Gasteiger charge is 2.33. The maximum atomic E-state index is 12.5. The summed E-state index contributed by atoms with van der Waals surface area (Å²) in [7, 11) is 0. The largest absolute Gasteiger partial charge is 0.573 e. The molecule has 0 unspecified atom stereocenters. The Balaban J connectivity index is 1.54. The quantitative estimate of drug-likeness (QED) is 0.774. The minimum absolute atomic E-state index is 0.0392. The maximum Gasteiger partial charge on any atom is 0.573 e. The number of halogens is 3. The van der Waals surface area contributed by atoms with Crippen molar-refractivity contribution < 1.29 is 27.5 Å². The Bertz CT molecular complexity index is 819. The Hall–Kier alpha value is -2.75. The molecule has 2 N–H and O–H groups in total. The first-order valence-corrected chi connectivity index (χ1v) is 9.45. The van der Waals surface area contributed by atoms with Crippen LogP contribution in [0.2, 0.25) is 0 Å². The molecule has 0 radical (unpaired) electrons. The Morgan fingerprint density at radius 2 is 1.79 bits per heavy atom. The Morgan fingerprint density at radius 1 is 1.07 bits per heavy atom. The number of amides is 3. The second-order valence-corrected chi connectivity index (χ2v) is 7.15. The average molecular weight is 413 g/mol. The van der Waals surface area contributed by atoms with Crippen molar-refractivity contribution in [3.05, 3.63) is 41.8 Å².